The molecule has 9 nitrogen and oxygen atoms in total. The summed E-state index contributed by atoms with van der Waals surface area (Å²) in [5.74, 6) is -0.237. The van der Waals surface area contributed by atoms with Crippen LogP contribution in [0.25, 0.3) is 10.9 Å². The summed E-state index contributed by atoms with van der Waals surface area (Å²) in [6, 6.07) is 19.1. The van der Waals surface area contributed by atoms with Gasteiger partial charge in [-0.1, -0.05) is 55.0 Å². The predicted molar refractivity (Wildman–Crippen MR) is 139 cm³/mol. The highest BCUT2D eigenvalue weighted by molar-refractivity contribution is 7.80. The lowest BCUT2D eigenvalue weighted by Gasteiger charge is -2.13. The number of carbonyl (C=O) groups excluding carboxylic acids is 2. The summed E-state index contributed by atoms with van der Waals surface area (Å²) in [4.78, 5) is 24.5. The first kappa shape index (κ1) is 29.0. The number of benzene rings is 2. The number of aromatic nitrogens is 1. The Morgan fingerprint density at radius 2 is 1.76 bits per heavy atom. The largest absolute Gasteiger partial charge is 0.323 e. The van der Waals surface area contributed by atoms with Crippen LogP contribution in [0.2, 0.25) is 0 Å². The van der Waals surface area contributed by atoms with E-state index in [-0.39, 0.29) is 5.91 Å². The average molecular weight is 487 g/mol. The maximum absolute atomic E-state index is 12.2. The van der Waals surface area contributed by atoms with Crippen molar-refractivity contribution in [3.63, 3.8) is 0 Å². The summed E-state index contributed by atoms with van der Waals surface area (Å²) in [6.07, 6.45) is 3.72. The Kier molecular flexibility index (Phi) is 14.9. The van der Waals surface area contributed by atoms with Gasteiger partial charge in [-0.25, -0.2) is 14.1 Å². The normalized spacial score (nSPS) is 11.9. The molecule has 2 atom stereocenters. The van der Waals surface area contributed by atoms with E-state index in [1.165, 1.54) is 5.56 Å². The summed E-state index contributed by atoms with van der Waals surface area (Å²) in [5, 5.41) is 12.0. The number of rotatable bonds is 10. The van der Waals surface area contributed by atoms with Gasteiger partial charge in [-0.3, -0.25) is 9.78 Å². The number of carbonyl (C=O) groups is 2. The molecule has 1 aromatic heterocycles. The first-order valence-corrected chi connectivity index (χ1v) is 12.0. The molecule has 3 rings (SSSR count). The Morgan fingerprint density at radius 3 is 2.44 bits per heavy atom. The number of fused-ring (bicyclic) bond motifs is 1. The van der Waals surface area contributed by atoms with Gasteiger partial charge in [-0.05, 0) is 37.6 Å². The summed E-state index contributed by atoms with van der Waals surface area (Å²) < 4.78 is 13.3. The molecule has 0 spiro atoms. The van der Waals surface area contributed by atoms with Crippen LogP contribution >= 0.6 is 0 Å². The second kappa shape index (κ2) is 17.5. The average Bonchev–Trinajstić information content (AvgIpc) is 2.86. The lowest BCUT2D eigenvalue weighted by molar-refractivity contribution is -0.117. The summed E-state index contributed by atoms with van der Waals surface area (Å²) in [7, 11) is 1.95. The van der Waals surface area contributed by atoms with E-state index < -0.39 is 17.2 Å². The molecule has 2 unspecified atom stereocenters. The van der Waals surface area contributed by atoms with Crippen molar-refractivity contribution >= 4 is 40.5 Å². The molecule has 0 aliphatic heterocycles. The molecule has 0 aliphatic carbocycles. The van der Waals surface area contributed by atoms with Crippen LogP contribution in [-0.2, 0) is 27.3 Å². The standard InChI is InChI=1S/C15H21N5O2S.C8H11N.CH2O/c16-12(7-1-2-10-19-23(17)22)15(21)20-13-8-3-5-11-6-4-9-18-14(11)13;1-9-7-8-5-3-2-4-6-8;1-2/h3-6,8-9,12,19H,1-2,7,10,16-17H2,(H,20,21);2-6,9H,7H2,1H3;1H2. The second-order valence-corrected chi connectivity index (χ2v) is 8.06. The van der Waals surface area contributed by atoms with E-state index in [0.29, 0.717) is 18.7 Å². The number of nitrogens with one attached hydrogen (secondary N) is 3. The quantitative estimate of drug-likeness (QED) is 0.276. The predicted octanol–water partition coefficient (Wildman–Crippen LogP) is 2.02. The topological polar surface area (TPSA) is 152 Å². The van der Waals surface area contributed by atoms with Gasteiger partial charge in [0.1, 0.15) is 6.79 Å². The van der Waals surface area contributed by atoms with Gasteiger partial charge in [0.2, 0.25) is 5.91 Å². The minimum atomic E-state index is -1.50. The Morgan fingerprint density at radius 1 is 1.06 bits per heavy atom. The lowest BCUT2D eigenvalue weighted by atomic mass is 10.1. The van der Waals surface area contributed by atoms with E-state index in [4.69, 9.17) is 15.7 Å². The molecule has 0 fully saturated rings. The number of unbranched alkanes of at least 4 members (excludes halogenated alkanes) is 1. The lowest BCUT2D eigenvalue weighted by Crippen LogP contribution is -2.35. The number of nitrogens with zero attached hydrogens (tertiary/aromatic N) is 1. The van der Waals surface area contributed by atoms with Crippen molar-refractivity contribution in [1.82, 2.24) is 15.0 Å². The summed E-state index contributed by atoms with van der Waals surface area (Å²) >= 11 is -1.50. The zero-order valence-corrected chi connectivity index (χ0v) is 20.2. The minimum absolute atomic E-state index is 0.237. The van der Waals surface area contributed by atoms with Crippen LogP contribution in [0.4, 0.5) is 5.69 Å². The molecule has 1 heterocycles. The van der Waals surface area contributed by atoms with Gasteiger partial charge in [0.15, 0.2) is 11.2 Å². The molecule has 7 N–H and O–H groups in total. The third-order valence-electron chi connectivity index (χ3n) is 4.64. The van der Waals surface area contributed by atoms with Crippen molar-refractivity contribution in [2.45, 2.75) is 31.8 Å². The molecule has 0 aliphatic rings. The van der Waals surface area contributed by atoms with Crippen LogP contribution in [-0.4, -0.2) is 41.5 Å². The van der Waals surface area contributed by atoms with Gasteiger partial charge in [-0.2, -0.15) is 0 Å². The van der Waals surface area contributed by atoms with Gasteiger partial charge < -0.3 is 21.2 Å². The molecule has 0 saturated heterocycles. The number of amides is 1. The molecule has 0 bridgehead atoms. The van der Waals surface area contributed by atoms with Crippen LogP contribution in [0.3, 0.4) is 0 Å². The Hall–Kier alpha value is -3.02. The van der Waals surface area contributed by atoms with Crippen molar-refractivity contribution in [3.8, 4) is 0 Å². The fourth-order valence-electron chi connectivity index (χ4n) is 3.02. The molecule has 184 valence electrons. The number of anilines is 1. The fourth-order valence-corrected chi connectivity index (χ4v) is 3.37. The van der Waals surface area contributed by atoms with Crippen molar-refractivity contribution in [2.24, 2.45) is 10.9 Å². The van der Waals surface area contributed by atoms with Gasteiger partial charge in [0, 0.05) is 24.7 Å². The van der Waals surface area contributed by atoms with Crippen molar-refractivity contribution in [3.05, 3.63) is 72.4 Å². The molecule has 34 heavy (non-hydrogen) atoms. The second-order valence-electron chi connectivity index (χ2n) is 7.18. The summed E-state index contributed by atoms with van der Waals surface area (Å²) in [5.41, 5.74) is 8.64. The third kappa shape index (κ3) is 11.2. The van der Waals surface area contributed by atoms with Crippen molar-refractivity contribution < 1.29 is 13.8 Å². The van der Waals surface area contributed by atoms with Crippen LogP contribution in [0, 0.1) is 0 Å². The van der Waals surface area contributed by atoms with Gasteiger partial charge >= 0.3 is 0 Å². The van der Waals surface area contributed by atoms with Gasteiger partial charge in [-0.15, -0.1) is 0 Å². The van der Waals surface area contributed by atoms with E-state index in [2.05, 4.69) is 32.5 Å². The van der Waals surface area contributed by atoms with E-state index >= 15 is 0 Å². The molecule has 0 saturated carbocycles. The number of pyridine rings is 1. The van der Waals surface area contributed by atoms with E-state index in [9.17, 15) is 9.00 Å². The Balaban J connectivity index is 0.000000437. The first-order valence-electron chi connectivity index (χ1n) is 10.8. The van der Waals surface area contributed by atoms with E-state index in [0.717, 1.165) is 30.3 Å². The number of nitrogens with two attached hydrogens (primary N) is 2. The highest BCUT2D eigenvalue weighted by atomic mass is 32.2. The zero-order chi connectivity index (χ0) is 25.2. The summed E-state index contributed by atoms with van der Waals surface area (Å²) in [6.45, 7) is 3.49. The molecule has 2 aromatic carbocycles. The van der Waals surface area contributed by atoms with E-state index in [1.54, 1.807) is 12.3 Å². The molecule has 0 radical (unpaired) electrons. The monoisotopic (exact) mass is 486 g/mol. The zero-order valence-electron chi connectivity index (χ0n) is 19.4. The van der Waals surface area contributed by atoms with Crippen LogP contribution in [0.5, 0.6) is 0 Å². The smallest absolute Gasteiger partial charge is 0.241 e. The highest BCUT2D eigenvalue weighted by Gasteiger charge is 2.14. The molecule has 3 aromatic rings. The van der Waals surface area contributed by atoms with Gasteiger partial charge in [0.25, 0.3) is 0 Å². The SMILES string of the molecule is C=O.CNCc1ccccc1.NC(CCCCNS(N)=O)C(=O)Nc1cccc2cccnc12. The van der Waals surface area contributed by atoms with Crippen molar-refractivity contribution in [1.29, 1.82) is 0 Å². The Labute approximate surface area is 203 Å². The van der Waals surface area contributed by atoms with Gasteiger partial charge in [0.05, 0.1) is 17.2 Å². The minimum Gasteiger partial charge on any atom is -0.323 e. The van der Waals surface area contributed by atoms with Crippen LogP contribution < -0.4 is 26.2 Å². The van der Waals surface area contributed by atoms with Crippen molar-refractivity contribution in [2.75, 3.05) is 18.9 Å². The maximum Gasteiger partial charge on any atom is 0.241 e. The highest BCUT2D eigenvalue weighted by Crippen LogP contribution is 2.20. The van der Waals surface area contributed by atoms with E-state index in [1.807, 2.05) is 56.3 Å². The number of hydrogen-bond donors (Lipinski definition) is 5. The fraction of sp³-hybridized carbons (Fsp3) is 0.292. The number of hydrogen-bond acceptors (Lipinski definition) is 6. The Bertz CT molecular complexity index is 1000. The third-order valence-corrected chi connectivity index (χ3v) is 5.13. The molecule has 1 amide bonds. The van der Waals surface area contributed by atoms with Crippen LogP contribution in [0.1, 0.15) is 24.8 Å². The maximum atomic E-state index is 12.2. The molecular weight excluding hydrogens is 452 g/mol. The number of para-hydroxylation sites is 1. The van der Waals surface area contributed by atoms with Crippen LogP contribution in [0.15, 0.2) is 66.9 Å². The molecule has 10 heteroatoms. The first-order chi connectivity index (χ1) is 16.5. The molecular formula is C24H34N6O3S.